The number of aliphatic carboxylic acids is 1. The summed E-state index contributed by atoms with van der Waals surface area (Å²) in [4.78, 5) is 44.6. The molecule has 0 aliphatic carbocycles. The van der Waals surface area contributed by atoms with Crippen LogP contribution in [0.15, 0.2) is 0 Å². The van der Waals surface area contributed by atoms with Gasteiger partial charge in [0, 0.05) is 12.8 Å². The molecule has 0 heterocycles. The number of nitrogens with one attached hydrogen (secondary N) is 1. The average molecular weight is 624 g/mol. The SMILES string of the molecule is CCCCCCCCCCCCCCCCCCC(=O)OCC(O)COP(=O)(O)OCC(NC(=O)CCCC)C(=O)O. The number of phosphoric ester groups is 1. The van der Waals surface area contributed by atoms with Gasteiger partial charge >= 0.3 is 19.8 Å². The number of hydrogen-bond donors (Lipinski definition) is 4. The fourth-order valence-corrected chi connectivity index (χ4v) is 5.06. The molecule has 0 aromatic rings. The number of carboxylic acids is 1. The molecule has 248 valence electrons. The standard InChI is InChI=1S/C30H58NO10P/c1-3-5-7-8-9-10-11-12-13-14-15-16-17-18-19-20-22-29(34)39-23-26(32)24-40-42(37,38)41-25-27(30(35)36)31-28(33)21-6-4-2/h26-27,32H,3-25H2,1-2H3,(H,31,33)(H,35,36)(H,37,38). The molecule has 0 aromatic carbocycles. The molecule has 0 fully saturated rings. The first-order valence-corrected chi connectivity index (χ1v) is 17.6. The van der Waals surface area contributed by atoms with Gasteiger partial charge in [0.15, 0.2) is 6.04 Å². The van der Waals surface area contributed by atoms with Crippen LogP contribution in [0, 0.1) is 0 Å². The van der Waals surface area contributed by atoms with Gasteiger partial charge in [-0.25, -0.2) is 9.36 Å². The lowest BCUT2D eigenvalue weighted by molar-refractivity contribution is -0.147. The van der Waals surface area contributed by atoms with Gasteiger partial charge in [-0.05, 0) is 12.8 Å². The number of carbonyl (C=O) groups is 3. The summed E-state index contributed by atoms with van der Waals surface area (Å²) >= 11 is 0. The largest absolute Gasteiger partial charge is 0.480 e. The quantitative estimate of drug-likeness (QED) is 0.0397. The highest BCUT2D eigenvalue weighted by Crippen LogP contribution is 2.43. The number of amides is 1. The maximum Gasteiger partial charge on any atom is 0.472 e. The fraction of sp³-hybridized carbons (Fsp3) is 0.900. The molecule has 0 aliphatic rings. The Labute approximate surface area is 253 Å². The van der Waals surface area contributed by atoms with Crippen molar-refractivity contribution in [2.75, 3.05) is 19.8 Å². The van der Waals surface area contributed by atoms with Crippen molar-refractivity contribution in [3.05, 3.63) is 0 Å². The van der Waals surface area contributed by atoms with Gasteiger partial charge in [-0.2, -0.15) is 0 Å². The van der Waals surface area contributed by atoms with Gasteiger partial charge in [-0.3, -0.25) is 18.6 Å². The van der Waals surface area contributed by atoms with E-state index in [0.717, 1.165) is 25.7 Å². The molecule has 3 atom stereocenters. The Bertz CT molecular complexity index is 752. The van der Waals surface area contributed by atoms with E-state index in [2.05, 4.69) is 21.3 Å². The molecular weight excluding hydrogens is 565 g/mol. The fourth-order valence-electron chi connectivity index (χ4n) is 4.29. The summed E-state index contributed by atoms with van der Waals surface area (Å²) in [7, 11) is -4.71. The summed E-state index contributed by atoms with van der Waals surface area (Å²) in [6.45, 7) is 2.24. The molecule has 0 saturated carbocycles. The topological polar surface area (TPSA) is 169 Å². The minimum atomic E-state index is -4.71. The summed E-state index contributed by atoms with van der Waals surface area (Å²) < 4.78 is 26.3. The van der Waals surface area contributed by atoms with E-state index in [1.165, 1.54) is 77.0 Å². The van der Waals surface area contributed by atoms with Crippen LogP contribution < -0.4 is 5.32 Å². The lowest BCUT2D eigenvalue weighted by Gasteiger charge is -2.18. The van der Waals surface area contributed by atoms with Crippen molar-refractivity contribution in [2.45, 2.75) is 154 Å². The lowest BCUT2D eigenvalue weighted by atomic mass is 10.0. The summed E-state index contributed by atoms with van der Waals surface area (Å²) in [5, 5.41) is 21.3. The number of rotatable bonds is 30. The van der Waals surface area contributed by atoms with Gasteiger partial charge < -0.3 is 25.2 Å². The van der Waals surface area contributed by atoms with E-state index in [0.29, 0.717) is 12.8 Å². The second-order valence-corrected chi connectivity index (χ2v) is 12.5. The Morgan fingerprint density at radius 2 is 1.12 bits per heavy atom. The van der Waals surface area contributed by atoms with Crippen LogP contribution in [0.2, 0.25) is 0 Å². The molecule has 3 unspecified atom stereocenters. The first-order chi connectivity index (χ1) is 20.1. The van der Waals surface area contributed by atoms with Crippen molar-refractivity contribution < 1.29 is 47.8 Å². The zero-order valence-electron chi connectivity index (χ0n) is 26.1. The van der Waals surface area contributed by atoms with Crippen molar-refractivity contribution >= 4 is 25.7 Å². The van der Waals surface area contributed by atoms with Crippen LogP contribution in [0.4, 0.5) is 0 Å². The Hall–Kier alpha value is -1.52. The van der Waals surface area contributed by atoms with Gasteiger partial charge in [0.2, 0.25) is 5.91 Å². The zero-order chi connectivity index (χ0) is 31.5. The molecule has 4 N–H and O–H groups in total. The molecule has 0 aliphatic heterocycles. The number of hydrogen-bond acceptors (Lipinski definition) is 8. The predicted molar refractivity (Wildman–Crippen MR) is 162 cm³/mol. The van der Waals surface area contributed by atoms with Crippen LogP contribution in [0.25, 0.3) is 0 Å². The molecule has 0 radical (unpaired) electrons. The minimum absolute atomic E-state index is 0.123. The van der Waals surface area contributed by atoms with Crippen molar-refractivity contribution in [3.8, 4) is 0 Å². The second kappa shape index (κ2) is 27.1. The molecule has 11 nitrogen and oxygen atoms in total. The van der Waals surface area contributed by atoms with Crippen LogP contribution in [0.5, 0.6) is 0 Å². The summed E-state index contributed by atoms with van der Waals surface area (Å²) in [5.41, 5.74) is 0. The van der Waals surface area contributed by atoms with Crippen molar-refractivity contribution in [1.29, 1.82) is 0 Å². The number of carboxylic acid groups (broad SMARTS) is 1. The Kier molecular flexibility index (Phi) is 26.1. The van der Waals surface area contributed by atoms with E-state index in [1.54, 1.807) is 0 Å². The van der Waals surface area contributed by atoms with Gasteiger partial charge in [-0.15, -0.1) is 0 Å². The van der Waals surface area contributed by atoms with Gasteiger partial charge in [0.05, 0.1) is 13.2 Å². The van der Waals surface area contributed by atoms with E-state index in [-0.39, 0.29) is 12.8 Å². The smallest absolute Gasteiger partial charge is 0.472 e. The van der Waals surface area contributed by atoms with Crippen molar-refractivity contribution in [1.82, 2.24) is 5.32 Å². The molecule has 0 saturated heterocycles. The van der Waals surface area contributed by atoms with Crippen LogP contribution in [-0.2, 0) is 32.7 Å². The van der Waals surface area contributed by atoms with E-state index in [9.17, 15) is 34.1 Å². The maximum atomic E-state index is 12.0. The highest BCUT2D eigenvalue weighted by molar-refractivity contribution is 7.47. The van der Waals surface area contributed by atoms with Crippen LogP contribution >= 0.6 is 7.82 Å². The number of unbranched alkanes of at least 4 members (excludes halogenated alkanes) is 16. The number of carbonyl (C=O) groups excluding carboxylic acids is 2. The molecule has 0 spiro atoms. The molecule has 0 aromatic heterocycles. The molecule has 42 heavy (non-hydrogen) atoms. The lowest BCUT2D eigenvalue weighted by Crippen LogP contribution is -2.43. The summed E-state index contributed by atoms with van der Waals surface area (Å²) in [5.74, 6) is -2.42. The third-order valence-electron chi connectivity index (χ3n) is 6.90. The summed E-state index contributed by atoms with van der Waals surface area (Å²) in [6.07, 6.45) is 20.2. The third-order valence-corrected chi connectivity index (χ3v) is 7.85. The first kappa shape index (κ1) is 40.5. The van der Waals surface area contributed by atoms with E-state index in [1.807, 2.05) is 6.92 Å². The number of aliphatic hydroxyl groups is 1. The number of esters is 1. The molecular formula is C30H58NO10P. The molecule has 12 heteroatoms. The van der Waals surface area contributed by atoms with Crippen LogP contribution in [0.1, 0.15) is 142 Å². The number of aliphatic hydroxyl groups excluding tert-OH is 1. The van der Waals surface area contributed by atoms with Gasteiger partial charge in [0.25, 0.3) is 0 Å². The van der Waals surface area contributed by atoms with Gasteiger partial charge in [0.1, 0.15) is 12.7 Å². The maximum absolute atomic E-state index is 12.0. The number of ether oxygens (including phenoxy) is 1. The third kappa shape index (κ3) is 26.1. The van der Waals surface area contributed by atoms with Crippen molar-refractivity contribution in [2.24, 2.45) is 0 Å². The van der Waals surface area contributed by atoms with E-state index < -0.39 is 57.6 Å². The highest BCUT2D eigenvalue weighted by Gasteiger charge is 2.28. The molecule has 0 rings (SSSR count). The normalized spacial score (nSPS) is 14.2. The first-order valence-electron chi connectivity index (χ1n) is 16.1. The van der Waals surface area contributed by atoms with Crippen molar-refractivity contribution in [3.63, 3.8) is 0 Å². The Balaban J connectivity index is 3.79. The Morgan fingerprint density at radius 1 is 0.667 bits per heavy atom. The zero-order valence-corrected chi connectivity index (χ0v) is 27.0. The highest BCUT2D eigenvalue weighted by atomic mass is 31.2. The van der Waals surface area contributed by atoms with Crippen LogP contribution in [0.3, 0.4) is 0 Å². The summed E-state index contributed by atoms with van der Waals surface area (Å²) in [6, 6.07) is -1.53. The Morgan fingerprint density at radius 3 is 1.60 bits per heavy atom. The monoisotopic (exact) mass is 623 g/mol. The second-order valence-electron chi connectivity index (χ2n) is 11.0. The molecule has 1 amide bonds. The van der Waals surface area contributed by atoms with E-state index >= 15 is 0 Å². The predicted octanol–water partition coefficient (Wildman–Crippen LogP) is 6.44. The number of phosphoric acid groups is 1. The molecule has 0 bridgehead atoms. The van der Waals surface area contributed by atoms with E-state index in [4.69, 9.17) is 4.74 Å². The van der Waals surface area contributed by atoms with Crippen LogP contribution in [-0.4, -0.2) is 64.9 Å². The average Bonchev–Trinajstić information content (AvgIpc) is 2.95. The van der Waals surface area contributed by atoms with Gasteiger partial charge in [-0.1, -0.05) is 117 Å². The minimum Gasteiger partial charge on any atom is -0.480 e.